The number of nitrogens with zero attached hydrogens (tertiary/aromatic N) is 3. The van der Waals surface area contributed by atoms with E-state index in [1.165, 1.54) is 34.3 Å². The minimum absolute atomic E-state index is 0. The van der Waals surface area contributed by atoms with Crippen molar-refractivity contribution in [3.63, 3.8) is 0 Å². The number of aromatic nitrogens is 3. The number of aromatic carboxylic acids is 1. The molecule has 0 spiro atoms. The van der Waals surface area contributed by atoms with E-state index < -0.39 is 5.97 Å². The van der Waals surface area contributed by atoms with Crippen LogP contribution >= 0.6 is 0 Å². The largest absolute Gasteiger partial charge is 0.477 e. The van der Waals surface area contributed by atoms with Gasteiger partial charge in [0.05, 0.1) is 5.82 Å². The summed E-state index contributed by atoms with van der Waals surface area (Å²) in [5.74, 6) is 0.0607. The van der Waals surface area contributed by atoms with Gasteiger partial charge in [-0.1, -0.05) is 29.7 Å². The number of carboxylic acids is 1. The number of carbonyl (C=O) groups is 1. The Bertz CT molecular complexity index is 1130. The number of fused-ring (bicyclic) bond motifs is 3. The first kappa shape index (κ1) is 19.0. The van der Waals surface area contributed by atoms with E-state index in [1.54, 1.807) is 12.1 Å². The predicted molar refractivity (Wildman–Crippen MR) is 99.9 cm³/mol. The van der Waals surface area contributed by atoms with Gasteiger partial charge in [0.25, 0.3) is 0 Å². The standard InChI is InChI=1S/C15H11N2.C6H5NO2.Pt/c1-9-16-14-11-7-3-5-10-6-4-8-12(13(10)11)15(14)17(9)2;8-6(9)5-3-1-2-4-7-5;/h3-6,8H,1-2H3;1-4H,(H,8,9);/q-1;;. The van der Waals surface area contributed by atoms with Crippen molar-refractivity contribution >= 4 is 16.7 Å². The smallest absolute Gasteiger partial charge is 0.354 e. The van der Waals surface area contributed by atoms with E-state index in [9.17, 15) is 4.79 Å². The van der Waals surface area contributed by atoms with Crippen molar-refractivity contribution in [2.75, 3.05) is 0 Å². The summed E-state index contributed by atoms with van der Waals surface area (Å²) in [5, 5.41) is 10.9. The molecule has 0 atom stereocenters. The van der Waals surface area contributed by atoms with Gasteiger partial charge in [0.15, 0.2) is 0 Å². The summed E-state index contributed by atoms with van der Waals surface area (Å²) in [6.07, 6.45) is 1.45. The molecule has 0 unspecified atom stereocenters. The van der Waals surface area contributed by atoms with E-state index in [4.69, 9.17) is 5.11 Å². The number of hydrogen-bond acceptors (Lipinski definition) is 3. The monoisotopic (exact) mass is 537 g/mol. The topological polar surface area (TPSA) is 68.0 Å². The Hall–Kier alpha value is -2.78. The maximum Gasteiger partial charge on any atom is 0.354 e. The van der Waals surface area contributed by atoms with E-state index >= 15 is 0 Å². The van der Waals surface area contributed by atoms with Crippen LogP contribution in [0, 0.1) is 13.0 Å². The van der Waals surface area contributed by atoms with Gasteiger partial charge in [-0.15, -0.1) is 29.1 Å². The zero-order chi connectivity index (χ0) is 18.3. The molecule has 0 aliphatic heterocycles. The van der Waals surface area contributed by atoms with E-state index in [1.807, 2.05) is 13.0 Å². The Kier molecular flexibility index (Phi) is 5.24. The molecule has 2 heterocycles. The maximum absolute atomic E-state index is 10.1. The first-order chi connectivity index (χ1) is 12.6. The molecule has 138 valence electrons. The van der Waals surface area contributed by atoms with Crippen LogP contribution in [0.5, 0.6) is 0 Å². The third-order valence-electron chi connectivity index (χ3n) is 4.53. The molecule has 0 bridgehead atoms. The number of benzene rings is 2. The van der Waals surface area contributed by atoms with E-state index in [0.717, 1.165) is 17.1 Å². The molecule has 6 heteroatoms. The second-order valence-electron chi connectivity index (χ2n) is 6.06. The quantitative estimate of drug-likeness (QED) is 0.327. The number of imidazole rings is 1. The van der Waals surface area contributed by atoms with E-state index in [-0.39, 0.29) is 26.8 Å². The Balaban J connectivity index is 0.000000181. The molecule has 1 aliphatic rings. The predicted octanol–water partition coefficient (Wildman–Crippen LogP) is 4.11. The summed E-state index contributed by atoms with van der Waals surface area (Å²) in [6.45, 7) is 2.04. The summed E-state index contributed by atoms with van der Waals surface area (Å²) in [7, 11) is 2.08. The molecule has 27 heavy (non-hydrogen) atoms. The van der Waals surface area contributed by atoms with Crippen LogP contribution in [-0.4, -0.2) is 25.6 Å². The number of pyridine rings is 1. The van der Waals surface area contributed by atoms with Gasteiger partial charge in [0, 0.05) is 45.7 Å². The fourth-order valence-electron chi connectivity index (χ4n) is 3.24. The molecule has 1 aliphatic carbocycles. The third kappa shape index (κ3) is 3.19. The van der Waals surface area contributed by atoms with Crippen molar-refractivity contribution in [2.45, 2.75) is 6.92 Å². The molecule has 4 aromatic rings. The minimum Gasteiger partial charge on any atom is -0.477 e. The summed E-state index contributed by atoms with van der Waals surface area (Å²) in [6, 6.07) is 18.6. The minimum atomic E-state index is -0.990. The van der Waals surface area contributed by atoms with Crippen LogP contribution in [0.3, 0.4) is 0 Å². The molecule has 2 aromatic heterocycles. The summed E-state index contributed by atoms with van der Waals surface area (Å²) < 4.78 is 2.16. The second-order valence-corrected chi connectivity index (χ2v) is 6.06. The summed E-state index contributed by atoms with van der Waals surface area (Å²) in [5.41, 5.74) is 4.82. The summed E-state index contributed by atoms with van der Waals surface area (Å²) >= 11 is 0. The van der Waals surface area contributed by atoms with Gasteiger partial charge in [-0.3, -0.25) is 4.98 Å². The zero-order valence-corrected chi connectivity index (χ0v) is 17.0. The van der Waals surface area contributed by atoms with Gasteiger partial charge in [-0.2, -0.15) is 0 Å². The van der Waals surface area contributed by atoms with Crippen LogP contribution in [-0.2, 0) is 28.1 Å². The molecule has 1 N–H and O–H groups in total. The molecule has 0 saturated carbocycles. The average Bonchev–Trinajstić information content (AvgIpc) is 3.13. The number of aryl methyl sites for hydroxylation is 1. The third-order valence-corrected chi connectivity index (χ3v) is 4.53. The van der Waals surface area contributed by atoms with E-state index in [0.29, 0.717) is 0 Å². The summed E-state index contributed by atoms with van der Waals surface area (Å²) in [4.78, 5) is 18.4. The van der Waals surface area contributed by atoms with Gasteiger partial charge >= 0.3 is 5.97 Å². The van der Waals surface area contributed by atoms with Gasteiger partial charge in [0.2, 0.25) is 0 Å². The van der Waals surface area contributed by atoms with Crippen molar-refractivity contribution in [1.82, 2.24) is 14.5 Å². The van der Waals surface area contributed by atoms with E-state index in [2.05, 4.69) is 51.9 Å². The Morgan fingerprint density at radius 1 is 1.15 bits per heavy atom. The zero-order valence-electron chi connectivity index (χ0n) is 14.7. The van der Waals surface area contributed by atoms with Crippen molar-refractivity contribution in [3.05, 3.63) is 72.3 Å². The fraction of sp³-hybridized carbons (Fsp3) is 0.0952. The van der Waals surface area contributed by atoms with Gasteiger partial charge in [-0.25, -0.2) is 9.78 Å². The van der Waals surface area contributed by atoms with Gasteiger partial charge in [-0.05, 0) is 24.6 Å². The SMILES string of the molecule is Cc1nc2c(n1C)-c1cccc3cc[c-]c-2c13.O=C(O)c1ccccn1.[Pt]. The molecular weight excluding hydrogens is 521 g/mol. The number of hydrogen-bond donors (Lipinski definition) is 1. The fourth-order valence-corrected chi connectivity index (χ4v) is 3.24. The Morgan fingerprint density at radius 2 is 1.96 bits per heavy atom. The molecule has 0 radical (unpaired) electrons. The molecule has 0 amide bonds. The molecule has 5 rings (SSSR count). The van der Waals surface area contributed by atoms with Crippen molar-refractivity contribution in [1.29, 1.82) is 0 Å². The molecule has 0 saturated heterocycles. The van der Waals surface area contributed by atoms with Crippen LogP contribution in [0.15, 0.2) is 54.7 Å². The van der Waals surface area contributed by atoms with Crippen LogP contribution < -0.4 is 0 Å². The maximum atomic E-state index is 10.1. The van der Waals surface area contributed by atoms with Crippen LogP contribution in [0.25, 0.3) is 33.3 Å². The normalized spacial score (nSPS) is 10.6. The number of carboxylic acid groups (broad SMARTS) is 1. The van der Waals surface area contributed by atoms with Crippen molar-refractivity contribution < 1.29 is 31.0 Å². The van der Waals surface area contributed by atoms with Gasteiger partial charge < -0.3 is 9.67 Å². The van der Waals surface area contributed by atoms with Crippen LogP contribution in [0.1, 0.15) is 16.3 Å². The van der Waals surface area contributed by atoms with Crippen molar-refractivity contribution in [3.8, 4) is 22.5 Å². The molecular formula is C21H16N3O2Pt-. The van der Waals surface area contributed by atoms with Crippen molar-refractivity contribution in [2.24, 2.45) is 7.05 Å². The molecule has 5 nitrogen and oxygen atoms in total. The molecule has 2 aromatic carbocycles. The molecule has 0 fully saturated rings. The van der Waals surface area contributed by atoms with Gasteiger partial charge in [0.1, 0.15) is 5.69 Å². The number of rotatable bonds is 1. The Labute approximate surface area is 171 Å². The van der Waals surface area contributed by atoms with Crippen LogP contribution in [0.2, 0.25) is 0 Å². The Morgan fingerprint density at radius 3 is 2.63 bits per heavy atom. The first-order valence-corrected chi connectivity index (χ1v) is 8.19. The second kappa shape index (κ2) is 7.45. The van der Waals surface area contributed by atoms with Crippen LogP contribution in [0.4, 0.5) is 0 Å². The average molecular weight is 537 g/mol. The first-order valence-electron chi connectivity index (χ1n) is 8.19.